The number of fused-ring (bicyclic) bond motifs is 1. The first-order valence-corrected chi connectivity index (χ1v) is 6.96. The van der Waals surface area contributed by atoms with Crippen molar-refractivity contribution in [2.75, 3.05) is 18.0 Å². The summed E-state index contributed by atoms with van der Waals surface area (Å²) in [5.74, 6) is 0.835. The largest absolute Gasteiger partial charge is 0.352 e. The second-order valence-electron chi connectivity index (χ2n) is 4.99. The second kappa shape index (κ2) is 5.25. The Morgan fingerprint density at radius 3 is 2.85 bits per heavy atom. The first kappa shape index (κ1) is 13.1. The minimum Gasteiger partial charge on any atom is -0.352 e. The van der Waals surface area contributed by atoms with Gasteiger partial charge < -0.3 is 10.2 Å². The molecule has 20 heavy (non-hydrogen) atoms. The second-order valence-corrected chi connectivity index (χ2v) is 5.35. The number of nitrogens with zero attached hydrogens (tertiary/aromatic N) is 3. The molecular formula is C14H15ClN4O. The van der Waals surface area contributed by atoms with Gasteiger partial charge in [-0.25, -0.2) is 0 Å². The molecule has 0 radical (unpaired) electrons. The maximum atomic E-state index is 11.1. The lowest BCUT2D eigenvalue weighted by Crippen LogP contribution is -2.35. The summed E-state index contributed by atoms with van der Waals surface area (Å²) < 4.78 is 0. The van der Waals surface area contributed by atoms with Crippen LogP contribution < -0.4 is 10.2 Å². The summed E-state index contributed by atoms with van der Waals surface area (Å²) >= 11 is 6.08. The standard InChI is InChI=1S/C14H15ClN4O/c1-9(20)16-10-6-7-19(8-10)14-12-5-3-2-4-11(12)13(15)17-18-14/h2-5,10H,6-8H2,1H3,(H,16,20). The molecule has 3 rings (SSSR count). The first-order valence-electron chi connectivity index (χ1n) is 6.58. The van der Waals surface area contributed by atoms with Gasteiger partial charge in [0, 0.05) is 36.8 Å². The Morgan fingerprint density at radius 1 is 1.35 bits per heavy atom. The summed E-state index contributed by atoms with van der Waals surface area (Å²) in [5, 5.41) is 13.5. The highest BCUT2D eigenvalue weighted by atomic mass is 35.5. The van der Waals surface area contributed by atoms with Gasteiger partial charge in [0.1, 0.15) is 0 Å². The minimum atomic E-state index is 0.00361. The first-order chi connectivity index (χ1) is 9.65. The van der Waals surface area contributed by atoms with Crippen molar-refractivity contribution in [2.24, 2.45) is 0 Å². The van der Waals surface area contributed by atoms with Crippen molar-refractivity contribution < 1.29 is 4.79 Å². The van der Waals surface area contributed by atoms with Gasteiger partial charge in [0.2, 0.25) is 5.91 Å². The van der Waals surface area contributed by atoms with Crippen molar-refractivity contribution in [3.8, 4) is 0 Å². The third kappa shape index (κ3) is 2.41. The van der Waals surface area contributed by atoms with Crippen LogP contribution in [0.4, 0.5) is 5.82 Å². The summed E-state index contributed by atoms with van der Waals surface area (Å²) in [6, 6.07) is 8.01. The number of aromatic nitrogens is 2. The van der Waals surface area contributed by atoms with Crippen LogP contribution in [0.3, 0.4) is 0 Å². The number of hydrogen-bond acceptors (Lipinski definition) is 4. The number of carbonyl (C=O) groups excluding carboxylic acids is 1. The Balaban J connectivity index is 1.92. The lowest BCUT2D eigenvalue weighted by molar-refractivity contribution is -0.119. The van der Waals surface area contributed by atoms with Crippen molar-refractivity contribution >= 4 is 34.1 Å². The van der Waals surface area contributed by atoms with Crippen LogP contribution in [0, 0.1) is 0 Å². The van der Waals surface area contributed by atoms with Crippen LogP contribution in [-0.4, -0.2) is 35.2 Å². The Labute approximate surface area is 121 Å². The number of nitrogens with one attached hydrogen (secondary N) is 1. The van der Waals surface area contributed by atoms with E-state index in [-0.39, 0.29) is 11.9 Å². The molecule has 2 heterocycles. The fourth-order valence-corrected chi connectivity index (χ4v) is 2.85. The van der Waals surface area contributed by atoms with Crippen LogP contribution in [-0.2, 0) is 4.79 Å². The predicted molar refractivity (Wildman–Crippen MR) is 79.0 cm³/mol. The molecule has 1 aliphatic rings. The average Bonchev–Trinajstić information content (AvgIpc) is 2.87. The molecule has 1 unspecified atom stereocenters. The Kier molecular flexibility index (Phi) is 3.44. The zero-order chi connectivity index (χ0) is 14.1. The smallest absolute Gasteiger partial charge is 0.217 e. The van der Waals surface area contributed by atoms with E-state index in [4.69, 9.17) is 11.6 Å². The van der Waals surface area contributed by atoms with Crippen molar-refractivity contribution in [3.63, 3.8) is 0 Å². The van der Waals surface area contributed by atoms with E-state index < -0.39 is 0 Å². The molecule has 1 saturated heterocycles. The molecule has 1 atom stereocenters. The fourth-order valence-electron chi connectivity index (χ4n) is 2.65. The van der Waals surface area contributed by atoms with Crippen molar-refractivity contribution in [1.29, 1.82) is 0 Å². The van der Waals surface area contributed by atoms with Crippen LogP contribution in [0.5, 0.6) is 0 Å². The number of hydrogen-bond donors (Lipinski definition) is 1. The van der Waals surface area contributed by atoms with Crippen molar-refractivity contribution in [2.45, 2.75) is 19.4 Å². The van der Waals surface area contributed by atoms with Gasteiger partial charge in [0.15, 0.2) is 11.0 Å². The molecule has 1 N–H and O–H groups in total. The number of rotatable bonds is 2. The number of carbonyl (C=O) groups is 1. The molecule has 1 fully saturated rings. The van der Waals surface area contributed by atoms with Crippen LogP contribution in [0.2, 0.25) is 5.15 Å². The highest BCUT2D eigenvalue weighted by Gasteiger charge is 2.25. The maximum Gasteiger partial charge on any atom is 0.217 e. The number of halogens is 1. The van der Waals surface area contributed by atoms with Crippen molar-refractivity contribution in [1.82, 2.24) is 15.5 Å². The fraction of sp³-hybridized carbons (Fsp3) is 0.357. The molecule has 1 aromatic carbocycles. The summed E-state index contributed by atoms with van der Waals surface area (Å²) in [6.45, 7) is 3.14. The van der Waals surface area contributed by atoms with Crippen LogP contribution in [0.15, 0.2) is 24.3 Å². The van der Waals surface area contributed by atoms with E-state index in [2.05, 4.69) is 20.4 Å². The number of amides is 1. The van der Waals surface area contributed by atoms with Gasteiger partial charge in [0.05, 0.1) is 0 Å². The molecule has 0 spiro atoms. The SMILES string of the molecule is CC(=O)NC1CCN(c2nnc(Cl)c3ccccc23)C1. The predicted octanol–water partition coefficient (Wildman–Crippen LogP) is 2.00. The minimum absolute atomic E-state index is 0.00361. The molecule has 6 heteroatoms. The Bertz CT molecular complexity index is 661. The van der Waals surface area contributed by atoms with E-state index in [9.17, 15) is 4.79 Å². The van der Waals surface area contributed by atoms with Crippen LogP contribution in [0.25, 0.3) is 10.8 Å². The maximum absolute atomic E-state index is 11.1. The van der Waals surface area contributed by atoms with E-state index in [0.29, 0.717) is 5.15 Å². The number of benzene rings is 1. The Morgan fingerprint density at radius 2 is 2.10 bits per heavy atom. The molecular weight excluding hydrogens is 276 g/mol. The normalized spacial score (nSPS) is 18.5. The lowest BCUT2D eigenvalue weighted by Gasteiger charge is -2.19. The quantitative estimate of drug-likeness (QED) is 0.919. The lowest BCUT2D eigenvalue weighted by atomic mass is 10.2. The van der Waals surface area contributed by atoms with E-state index in [1.807, 2.05) is 24.3 Å². The topological polar surface area (TPSA) is 58.1 Å². The molecule has 104 valence electrons. The number of anilines is 1. The van der Waals surface area contributed by atoms with Gasteiger partial charge in [-0.15, -0.1) is 10.2 Å². The van der Waals surface area contributed by atoms with Crippen molar-refractivity contribution in [3.05, 3.63) is 29.4 Å². The highest BCUT2D eigenvalue weighted by molar-refractivity contribution is 6.34. The van der Waals surface area contributed by atoms with Crippen LogP contribution >= 0.6 is 11.6 Å². The molecule has 0 aliphatic carbocycles. The van der Waals surface area contributed by atoms with Crippen LogP contribution in [0.1, 0.15) is 13.3 Å². The van der Waals surface area contributed by atoms with E-state index >= 15 is 0 Å². The zero-order valence-corrected chi connectivity index (χ0v) is 11.9. The summed E-state index contributed by atoms with van der Waals surface area (Å²) in [5.41, 5.74) is 0. The zero-order valence-electron chi connectivity index (χ0n) is 11.1. The molecule has 2 aromatic rings. The molecule has 0 bridgehead atoms. The average molecular weight is 291 g/mol. The monoisotopic (exact) mass is 290 g/mol. The van der Waals surface area contributed by atoms with Gasteiger partial charge in [-0.2, -0.15) is 0 Å². The van der Waals surface area contributed by atoms with E-state index in [1.54, 1.807) is 6.92 Å². The summed E-state index contributed by atoms with van der Waals surface area (Å²) in [7, 11) is 0. The molecule has 5 nitrogen and oxygen atoms in total. The summed E-state index contributed by atoms with van der Waals surface area (Å²) in [6.07, 6.45) is 0.915. The van der Waals surface area contributed by atoms with E-state index in [0.717, 1.165) is 36.1 Å². The molecule has 1 amide bonds. The van der Waals surface area contributed by atoms with Gasteiger partial charge >= 0.3 is 0 Å². The third-order valence-corrected chi connectivity index (χ3v) is 3.80. The van der Waals surface area contributed by atoms with Gasteiger partial charge in [-0.1, -0.05) is 35.9 Å². The molecule has 1 aromatic heterocycles. The van der Waals surface area contributed by atoms with E-state index in [1.165, 1.54) is 0 Å². The van der Waals surface area contributed by atoms with Gasteiger partial charge in [-0.05, 0) is 6.42 Å². The third-order valence-electron chi connectivity index (χ3n) is 3.52. The Hall–Kier alpha value is -1.88. The molecule has 0 saturated carbocycles. The highest BCUT2D eigenvalue weighted by Crippen LogP contribution is 2.29. The van der Waals surface area contributed by atoms with Gasteiger partial charge in [-0.3, -0.25) is 4.79 Å². The summed E-state index contributed by atoms with van der Waals surface area (Å²) in [4.78, 5) is 13.3. The molecule has 1 aliphatic heterocycles. The van der Waals surface area contributed by atoms with Gasteiger partial charge in [0.25, 0.3) is 0 Å².